The lowest BCUT2D eigenvalue weighted by atomic mass is 10.2. The third kappa shape index (κ3) is 5.45. The minimum Gasteiger partial charge on any atom is -0.492 e. The Kier molecular flexibility index (Phi) is 6.65. The average molecular weight is 266 g/mol. The van der Waals surface area contributed by atoms with Crippen LogP contribution in [0.5, 0.6) is 5.75 Å². The van der Waals surface area contributed by atoms with Gasteiger partial charge in [0.1, 0.15) is 5.75 Å². The summed E-state index contributed by atoms with van der Waals surface area (Å²) in [6, 6.07) is 8.31. The van der Waals surface area contributed by atoms with Gasteiger partial charge in [0.25, 0.3) is 0 Å². The minimum absolute atomic E-state index is 0.301. The van der Waals surface area contributed by atoms with Crippen molar-refractivity contribution >= 4 is 16.9 Å². The Morgan fingerprint density at radius 1 is 1.44 bits per heavy atom. The molecule has 3 nitrogen and oxygen atoms in total. The Bertz CT molecular complexity index is 393. The number of benzene rings is 1. The van der Waals surface area contributed by atoms with E-state index in [1.165, 1.54) is 0 Å². The third-order valence-electron chi connectivity index (χ3n) is 2.62. The lowest BCUT2D eigenvalue weighted by molar-refractivity contribution is 0.342. The van der Waals surface area contributed by atoms with E-state index < -0.39 is 0 Å². The van der Waals surface area contributed by atoms with E-state index in [9.17, 15) is 0 Å². The summed E-state index contributed by atoms with van der Waals surface area (Å²) < 4.78 is 5.69. The van der Waals surface area contributed by atoms with E-state index in [0.717, 1.165) is 23.5 Å². The van der Waals surface area contributed by atoms with E-state index in [1.807, 2.05) is 31.2 Å². The Labute approximate surface area is 114 Å². The molecule has 0 heterocycles. The van der Waals surface area contributed by atoms with E-state index >= 15 is 0 Å². The van der Waals surface area contributed by atoms with E-state index in [0.29, 0.717) is 17.8 Å². The minimum atomic E-state index is 0.301. The first-order valence-corrected chi connectivity index (χ1v) is 7.26. The smallest absolute Gasteiger partial charge is 0.154 e. The Morgan fingerprint density at radius 2 is 2.17 bits per heavy atom. The molecule has 0 aliphatic carbocycles. The van der Waals surface area contributed by atoms with Crippen molar-refractivity contribution in [3.05, 3.63) is 29.8 Å². The lowest BCUT2D eigenvalue weighted by Gasteiger charge is -2.09. The predicted molar refractivity (Wildman–Crippen MR) is 80.5 cm³/mol. The summed E-state index contributed by atoms with van der Waals surface area (Å²) in [5.41, 5.74) is 6.97. The highest BCUT2D eigenvalue weighted by Crippen LogP contribution is 2.16. The van der Waals surface area contributed by atoms with Gasteiger partial charge >= 0.3 is 0 Å². The zero-order valence-corrected chi connectivity index (χ0v) is 12.2. The fraction of sp³-hybridized carbons (Fsp3) is 0.500. The second-order valence-corrected chi connectivity index (χ2v) is 5.30. The summed E-state index contributed by atoms with van der Waals surface area (Å²) in [5, 5.41) is 0.651. The number of aliphatic imine (C=N–C) groups is 1. The number of ether oxygens (including phenoxy) is 1. The molecule has 0 radical (unpaired) electrons. The molecule has 0 saturated carbocycles. The summed E-state index contributed by atoms with van der Waals surface area (Å²) in [6.07, 6.45) is 1.01. The Hall–Kier alpha value is -1.16. The van der Waals surface area contributed by atoms with Gasteiger partial charge in [-0.3, -0.25) is 4.99 Å². The van der Waals surface area contributed by atoms with Crippen LogP contribution in [0.1, 0.15) is 25.8 Å². The molecule has 1 rings (SSSR count). The van der Waals surface area contributed by atoms with Gasteiger partial charge in [0, 0.05) is 11.8 Å². The van der Waals surface area contributed by atoms with Gasteiger partial charge in [-0.2, -0.15) is 0 Å². The molecule has 100 valence electrons. The van der Waals surface area contributed by atoms with Crippen molar-refractivity contribution in [2.75, 3.05) is 12.4 Å². The number of thioether (sulfide) groups is 1. The number of amidine groups is 1. The molecule has 0 saturated heterocycles. The second-order valence-electron chi connectivity index (χ2n) is 4.19. The monoisotopic (exact) mass is 266 g/mol. The molecule has 4 heteroatoms. The largest absolute Gasteiger partial charge is 0.492 e. The summed E-state index contributed by atoms with van der Waals surface area (Å²) in [7, 11) is 0. The number of hydrogen-bond donors (Lipinski definition) is 1. The van der Waals surface area contributed by atoms with E-state index in [-0.39, 0.29) is 0 Å². The van der Waals surface area contributed by atoms with Gasteiger partial charge in [-0.05, 0) is 31.9 Å². The van der Waals surface area contributed by atoms with E-state index in [4.69, 9.17) is 10.5 Å². The normalized spacial score (nSPS) is 13.4. The van der Waals surface area contributed by atoms with Crippen LogP contribution in [-0.2, 0) is 0 Å². The van der Waals surface area contributed by atoms with E-state index in [2.05, 4.69) is 18.8 Å². The zero-order chi connectivity index (χ0) is 13.4. The molecule has 0 unspecified atom stereocenters. The van der Waals surface area contributed by atoms with Crippen LogP contribution in [0.4, 0.5) is 0 Å². The number of rotatable bonds is 6. The maximum Gasteiger partial charge on any atom is 0.154 e. The van der Waals surface area contributed by atoms with Gasteiger partial charge in [-0.1, -0.05) is 36.9 Å². The van der Waals surface area contributed by atoms with Crippen molar-refractivity contribution in [2.24, 2.45) is 10.7 Å². The van der Waals surface area contributed by atoms with Crippen molar-refractivity contribution < 1.29 is 4.74 Å². The van der Waals surface area contributed by atoms with Crippen LogP contribution in [0, 0.1) is 6.92 Å². The first-order chi connectivity index (χ1) is 8.63. The first-order valence-electron chi connectivity index (χ1n) is 6.28. The summed E-state index contributed by atoms with van der Waals surface area (Å²) in [5.74, 6) is 1.76. The van der Waals surface area contributed by atoms with Crippen LogP contribution >= 0.6 is 11.8 Å². The molecule has 0 bridgehead atoms. The molecule has 0 spiro atoms. The van der Waals surface area contributed by atoms with Crippen molar-refractivity contribution in [3.63, 3.8) is 0 Å². The fourth-order valence-electron chi connectivity index (χ4n) is 1.36. The third-order valence-corrected chi connectivity index (χ3v) is 3.39. The number of aryl methyl sites for hydroxylation is 1. The number of nitrogens with two attached hydrogens (primary N) is 1. The topological polar surface area (TPSA) is 47.6 Å². The summed E-state index contributed by atoms with van der Waals surface area (Å²) in [4.78, 5) is 4.36. The fourth-order valence-corrected chi connectivity index (χ4v) is 1.99. The van der Waals surface area contributed by atoms with Gasteiger partial charge in [0.2, 0.25) is 0 Å². The number of hydrogen-bond acceptors (Lipinski definition) is 3. The molecule has 2 N–H and O–H groups in total. The van der Waals surface area contributed by atoms with Crippen molar-refractivity contribution in [1.29, 1.82) is 0 Å². The predicted octanol–water partition coefficient (Wildman–Crippen LogP) is 3.22. The van der Waals surface area contributed by atoms with Gasteiger partial charge in [-0.25, -0.2) is 0 Å². The molecule has 0 aliphatic heterocycles. The maximum atomic E-state index is 5.82. The zero-order valence-electron chi connectivity index (χ0n) is 11.3. The summed E-state index contributed by atoms with van der Waals surface area (Å²) >= 11 is 1.55. The van der Waals surface area contributed by atoms with Crippen LogP contribution in [0.3, 0.4) is 0 Å². The van der Waals surface area contributed by atoms with Crippen LogP contribution < -0.4 is 10.5 Å². The maximum absolute atomic E-state index is 5.82. The van der Waals surface area contributed by atoms with Crippen molar-refractivity contribution in [1.82, 2.24) is 0 Å². The van der Waals surface area contributed by atoms with Gasteiger partial charge in [0.05, 0.1) is 6.61 Å². The van der Waals surface area contributed by atoms with Crippen LogP contribution in [0.2, 0.25) is 0 Å². The highest BCUT2D eigenvalue weighted by Gasteiger charge is 2.00. The standard InChI is InChI=1S/C14H22N2OS/c1-4-12(3)16-14(15)18-10-9-17-13-8-6-5-7-11(13)2/h5-8,12H,4,9-10H2,1-3H3,(H2,15,16)/t12-/m0/s1. The average Bonchev–Trinajstić information content (AvgIpc) is 2.36. The SMILES string of the molecule is CC[C@H](C)N=C(N)SCCOc1ccccc1C. The van der Waals surface area contributed by atoms with E-state index in [1.54, 1.807) is 11.8 Å². The molecule has 1 atom stereocenters. The lowest BCUT2D eigenvalue weighted by Crippen LogP contribution is -2.13. The van der Waals surface area contributed by atoms with Crippen molar-refractivity contribution in [3.8, 4) is 5.75 Å². The number of para-hydroxylation sites is 1. The highest BCUT2D eigenvalue weighted by molar-refractivity contribution is 8.13. The van der Waals surface area contributed by atoms with Crippen molar-refractivity contribution in [2.45, 2.75) is 33.2 Å². The quantitative estimate of drug-likeness (QED) is 0.488. The van der Waals surface area contributed by atoms with Gasteiger partial charge in [-0.15, -0.1) is 0 Å². The van der Waals surface area contributed by atoms with Gasteiger partial charge in [0.15, 0.2) is 5.17 Å². The molecule has 18 heavy (non-hydrogen) atoms. The number of nitrogens with zero attached hydrogens (tertiary/aromatic N) is 1. The molecule has 0 fully saturated rings. The molecular formula is C14H22N2OS. The molecule has 1 aromatic carbocycles. The highest BCUT2D eigenvalue weighted by atomic mass is 32.2. The second kappa shape index (κ2) is 8.03. The molecule has 0 aromatic heterocycles. The van der Waals surface area contributed by atoms with Crippen LogP contribution in [0.15, 0.2) is 29.3 Å². The Balaban J connectivity index is 2.27. The van der Waals surface area contributed by atoms with Crippen LogP contribution in [0.25, 0.3) is 0 Å². The molecular weight excluding hydrogens is 244 g/mol. The van der Waals surface area contributed by atoms with Crippen LogP contribution in [-0.4, -0.2) is 23.6 Å². The first kappa shape index (κ1) is 14.9. The van der Waals surface area contributed by atoms with Gasteiger partial charge < -0.3 is 10.5 Å². The summed E-state index contributed by atoms with van der Waals surface area (Å²) in [6.45, 7) is 6.86. The molecule has 0 amide bonds. The molecule has 0 aliphatic rings. The molecule has 1 aromatic rings. The Morgan fingerprint density at radius 3 is 2.83 bits per heavy atom.